The Kier molecular flexibility index (Phi) is 20.5. The Hall–Kier alpha value is -0.0500. The molecule has 0 amide bonds. The Bertz CT molecular complexity index is 650. The van der Waals surface area contributed by atoms with Crippen molar-refractivity contribution >= 4 is 7.82 Å². The van der Waals surface area contributed by atoms with Crippen molar-refractivity contribution in [3.05, 3.63) is 0 Å². The summed E-state index contributed by atoms with van der Waals surface area (Å²) in [6, 6.07) is 0.942. The Balaban J connectivity index is 0.00000800. The highest BCUT2D eigenvalue weighted by Gasteiger charge is 2.49. The molecule has 40 heavy (non-hydrogen) atoms. The van der Waals surface area contributed by atoms with Crippen molar-refractivity contribution in [1.29, 1.82) is 0 Å². The molecule has 8 nitrogen and oxygen atoms in total. The molecule has 2 rings (SSSR count). The van der Waals surface area contributed by atoms with Gasteiger partial charge in [0.2, 0.25) is 0 Å². The van der Waals surface area contributed by atoms with E-state index in [4.69, 9.17) is 18.5 Å². The average molecular weight is 594 g/mol. The number of ether oxygens (including phenoxy) is 2. The maximum atomic E-state index is 12.4. The summed E-state index contributed by atoms with van der Waals surface area (Å²) in [5, 5.41) is 0. The normalized spacial score (nSPS) is 24.0. The van der Waals surface area contributed by atoms with Crippen LogP contribution in [-0.2, 0) is 23.1 Å². The number of phosphoric acid groups is 1. The van der Waals surface area contributed by atoms with E-state index in [1.807, 2.05) is 0 Å². The third kappa shape index (κ3) is 15.4. The lowest BCUT2D eigenvalue weighted by Crippen LogP contribution is -2.56. The van der Waals surface area contributed by atoms with Gasteiger partial charge in [0.25, 0.3) is 7.82 Å². The predicted molar refractivity (Wildman–Crippen MR) is 161 cm³/mol. The molecule has 4 unspecified atom stereocenters. The van der Waals surface area contributed by atoms with Crippen molar-refractivity contribution in [1.82, 2.24) is 0 Å². The number of piperidine rings is 1. The average Bonchev–Trinajstić information content (AvgIpc) is 3.04. The summed E-state index contributed by atoms with van der Waals surface area (Å²) in [7, 11) is 1.68. The fraction of sp³-hybridized carbons (Fsp3) is 1.00. The van der Waals surface area contributed by atoms with Gasteiger partial charge in [-0.05, 0) is 6.42 Å². The van der Waals surface area contributed by atoms with Gasteiger partial charge in [-0.25, -0.2) is 0 Å². The molecule has 240 valence electrons. The number of fused-ring (bicyclic) bond motifs is 2. The maximum Gasteiger partial charge on any atom is 0.268 e. The van der Waals surface area contributed by atoms with E-state index in [2.05, 4.69) is 21.0 Å². The van der Waals surface area contributed by atoms with Crippen molar-refractivity contribution in [3.63, 3.8) is 0 Å². The summed E-state index contributed by atoms with van der Waals surface area (Å²) < 4.78 is 35.2. The molecule has 2 N–H and O–H groups in total. The standard InChI is InChI=1S/C31H62NO6P.H2O/c1-5-6-7-8-9-10-11-12-13-14-15-16-17-18-19-20-23-36-26-31(35-4)27-37-39(33,34)38-30-24-28-21-22-29(25-30)32(28,2)3;/h28-31H,5-27H2,1-4H3;1H2. The number of quaternary nitrogens is 1. The SMILES string of the molecule is CCCCCCCCCCCCCCCCCCOCC(COP(=O)([O-])OC1CC2CCC(C1)[N+]2(C)C)OC.O. The molecule has 0 aromatic heterocycles. The molecule has 2 aliphatic rings. The zero-order valence-corrected chi connectivity index (χ0v) is 27.3. The van der Waals surface area contributed by atoms with E-state index in [0.717, 1.165) is 36.6 Å². The van der Waals surface area contributed by atoms with E-state index < -0.39 is 13.9 Å². The molecule has 0 saturated carbocycles. The molecule has 2 bridgehead atoms. The second-order valence-corrected chi connectivity index (χ2v) is 14.1. The minimum Gasteiger partial charge on any atom is -0.756 e. The third-order valence-electron chi connectivity index (χ3n) is 9.26. The number of hydrogen-bond acceptors (Lipinski definition) is 6. The van der Waals surface area contributed by atoms with Gasteiger partial charge in [-0.3, -0.25) is 4.57 Å². The van der Waals surface area contributed by atoms with Gasteiger partial charge in [-0.2, -0.15) is 0 Å². The number of unbranched alkanes of at least 4 members (excludes halogenated alkanes) is 15. The lowest BCUT2D eigenvalue weighted by atomic mass is 9.98. The van der Waals surface area contributed by atoms with Crippen LogP contribution in [0.3, 0.4) is 0 Å². The smallest absolute Gasteiger partial charge is 0.268 e. The highest BCUT2D eigenvalue weighted by Crippen LogP contribution is 2.47. The quantitative estimate of drug-likeness (QED) is 0.0660. The van der Waals surface area contributed by atoms with Crippen LogP contribution < -0.4 is 4.89 Å². The topological polar surface area (TPSA) is 109 Å². The van der Waals surface area contributed by atoms with Crippen LogP contribution in [-0.4, -0.2) is 75.3 Å². The largest absolute Gasteiger partial charge is 0.756 e. The van der Waals surface area contributed by atoms with Crippen LogP contribution in [0.4, 0.5) is 0 Å². The Morgan fingerprint density at radius 2 is 1.23 bits per heavy atom. The fourth-order valence-electron chi connectivity index (χ4n) is 6.46. The van der Waals surface area contributed by atoms with Crippen molar-refractivity contribution in [3.8, 4) is 0 Å². The van der Waals surface area contributed by atoms with Crippen molar-refractivity contribution < 1.29 is 37.9 Å². The molecule has 0 spiro atoms. The highest BCUT2D eigenvalue weighted by molar-refractivity contribution is 7.45. The van der Waals surface area contributed by atoms with Crippen molar-refractivity contribution in [2.24, 2.45) is 0 Å². The molecule has 9 heteroatoms. The molecule has 0 aromatic carbocycles. The van der Waals surface area contributed by atoms with Gasteiger partial charge in [0.1, 0.15) is 6.10 Å². The zero-order valence-electron chi connectivity index (χ0n) is 26.4. The van der Waals surface area contributed by atoms with Crippen LogP contribution in [0, 0.1) is 0 Å². The van der Waals surface area contributed by atoms with Gasteiger partial charge in [-0.1, -0.05) is 103 Å². The van der Waals surface area contributed by atoms with E-state index in [9.17, 15) is 9.46 Å². The van der Waals surface area contributed by atoms with Gasteiger partial charge in [-0.15, -0.1) is 0 Å². The van der Waals surface area contributed by atoms with Crippen molar-refractivity contribution in [2.45, 2.75) is 160 Å². The second-order valence-electron chi connectivity index (χ2n) is 12.7. The van der Waals surface area contributed by atoms with Gasteiger partial charge in [0, 0.05) is 39.4 Å². The predicted octanol–water partition coefficient (Wildman–Crippen LogP) is 6.73. The fourth-order valence-corrected chi connectivity index (χ4v) is 7.40. The van der Waals surface area contributed by atoms with Crippen LogP contribution in [0.2, 0.25) is 0 Å². The first-order valence-corrected chi connectivity index (χ1v) is 17.8. The van der Waals surface area contributed by atoms with Gasteiger partial charge in [0.05, 0.1) is 45.5 Å². The van der Waals surface area contributed by atoms with E-state index in [1.165, 1.54) is 96.3 Å². The summed E-state index contributed by atoms with van der Waals surface area (Å²) >= 11 is 0. The van der Waals surface area contributed by atoms with Gasteiger partial charge in [0.15, 0.2) is 0 Å². The Labute approximate surface area is 246 Å². The number of phosphoric ester groups is 1. The molecule has 0 radical (unpaired) electrons. The van der Waals surface area contributed by atoms with Crippen LogP contribution in [0.15, 0.2) is 0 Å². The summed E-state index contributed by atoms with van der Waals surface area (Å²) in [6.07, 6.45) is 24.7. The monoisotopic (exact) mass is 593 g/mol. The van der Waals surface area contributed by atoms with Crippen LogP contribution in [0.1, 0.15) is 135 Å². The third-order valence-corrected chi connectivity index (χ3v) is 10.3. The van der Waals surface area contributed by atoms with Crippen LogP contribution in [0.25, 0.3) is 0 Å². The number of nitrogens with zero attached hydrogens (tertiary/aromatic N) is 1. The van der Waals surface area contributed by atoms with E-state index in [-0.39, 0.29) is 18.2 Å². The highest BCUT2D eigenvalue weighted by atomic mass is 31.2. The van der Waals surface area contributed by atoms with Gasteiger partial charge < -0.3 is 33.4 Å². The maximum absolute atomic E-state index is 12.4. The molecule has 2 aliphatic heterocycles. The van der Waals surface area contributed by atoms with E-state index in [0.29, 0.717) is 25.3 Å². The summed E-state index contributed by atoms with van der Waals surface area (Å²) in [6.45, 7) is 3.20. The van der Waals surface area contributed by atoms with E-state index in [1.54, 1.807) is 7.11 Å². The number of hydrogen-bond donors (Lipinski definition) is 0. The van der Waals surface area contributed by atoms with E-state index >= 15 is 0 Å². The van der Waals surface area contributed by atoms with Crippen molar-refractivity contribution in [2.75, 3.05) is 41.0 Å². The van der Waals surface area contributed by atoms with Crippen LogP contribution in [0.5, 0.6) is 0 Å². The first-order chi connectivity index (χ1) is 18.8. The zero-order chi connectivity index (χ0) is 28.4. The summed E-state index contributed by atoms with van der Waals surface area (Å²) in [4.78, 5) is 12.4. The summed E-state index contributed by atoms with van der Waals surface area (Å²) in [5.41, 5.74) is 0. The van der Waals surface area contributed by atoms with Gasteiger partial charge >= 0.3 is 0 Å². The Morgan fingerprint density at radius 3 is 1.68 bits per heavy atom. The summed E-state index contributed by atoms with van der Waals surface area (Å²) in [5.74, 6) is 0. The Morgan fingerprint density at radius 1 is 0.775 bits per heavy atom. The molecule has 4 atom stereocenters. The lowest BCUT2D eigenvalue weighted by Gasteiger charge is -2.45. The first kappa shape index (κ1) is 38.0. The first-order valence-electron chi connectivity index (χ1n) is 16.4. The molecule has 0 aliphatic carbocycles. The molecular formula is C31H64NO7P. The molecule has 2 heterocycles. The molecule has 0 aromatic rings. The second kappa shape index (κ2) is 21.6. The minimum atomic E-state index is -4.37. The molecule has 2 saturated heterocycles. The minimum absolute atomic E-state index is 0. The number of methoxy groups -OCH3 is 1. The molecule has 2 fully saturated rings. The molecular weight excluding hydrogens is 529 g/mol. The number of rotatable bonds is 25. The lowest BCUT2D eigenvalue weighted by molar-refractivity contribution is -0.931. The van der Waals surface area contributed by atoms with Crippen LogP contribution >= 0.6 is 7.82 Å².